The van der Waals surface area contributed by atoms with Gasteiger partial charge >= 0.3 is 35.1 Å². The average Bonchev–Trinajstić information content (AvgIpc) is 1.61. The molecule has 6 aromatic rings. The van der Waals surface area contributed by atoms with Gasteiger partial charge < -0.3 is 79.9 Å². The maximum Gasteiger partial charge on any atom is 0.472 e. The number of hydrogen-bond acceptors (Lipinski definition) is 33. The number of nitrogens with zero attached hydrogens (tertiary/aromatic N) is 12. The predicted molar refractivity (Wildman–Crippen MR) is 360 cm³/mol. The van der Waals surface area contributed by atoms with E-state index in [1.54, 1.807) is 0 Å². The normalized spacial score (nSPS) is 27.2. The second-order valence-electron chi connectivity index (χ2n) is 24.3. The first-order valence-electron chi connectivity index (χ1n) is 32.9. The van der Waals surface area contributed by atoms with Gasteiger partial charge in [0.05, 0.1) is 52.0 Å². The van der Waals surface area contributed by atoms with Crippen molar-refractivity contribution >= 4 is 109 Å². The van der Waals surface area contributed by atoms with Gasteiger partial charge in [-0.3, -0.25) is 45.6 Å². The third-order valence-corrected chi connectivity index (χ3v) is 23.8. The first-order valence-corrected chi connectivity index (χ1v) is 41.7. The van der Waals surface area contributed by atoms with E-state index in [1.165, 1.54) is 117 Å². The van der Waals surface area contributed by atoms with Gasteiger partial charge in [-0.1, -0.05) is 96.8 Å². The van der Waals surface area contributed by atoms with Crippen molar-refractivity contribution in [3.05, 3.63) is 38.0 Å². The van der Waals surface area contributed by atoms with Crippen molar-refractivity contribution in [2.45, 2.75) is 196 Å². The summed E-state index contributed by atoms with van der Waals surface area (Å²) in [6.07, 6.45) is 8.88. The lowest BCUT2D eigenvalue weighted by molar-refractivity contribution is -0.164. The molecule has 0 saturated carbocycles. The number of aromatic nitrogens is 12. The van der Waals surface area contributed by atoms with Crippen LogP contribution in [0.25, 0.3) is 33.5 Å². The van der Waals surface area contributed by atoms with E-state index in [-0.39, 0.29) is 82.8 Å². The number of imidazole rings is 3. The Hall–Kier alpha value is -4.51. The van der Waals surface area contributed by atoms with Gasteiger partial charge in [0, 0.05) is 25.9 Å². The molecule has 7 unspecified atom stereocenters. The molecule has 0 spiro atoms. The van der Waals surface area contributed by atoms with Crippen LogP contribution < -0.4 is 17.2 Å². The Kier molecular flexibility index (Phi) is 27.7. The van der Waals surface area contributed by atoms with E-state index in [0.29, 0.717) is 24.2 Å². The number of nitrogens with two attached hydrogens (primary N) is 3. The third-order valence-electron chi connectivity index (χ3n) is 17.3. The highest BCUT2D eigenvalue weighted by molar-refractivity contribution is 8.54. The molecule has 6 aromatic heterocycles. The van der Waals surface area contributed by atoms with Crippen molar-refractivity contribution in [2.75, 3.05) is 76.3 Å². The average molecular weight is 1530 g/mol. The van der Waals surface area contributed by atoms with Crippen LogP contribution in [0.3, 0.4) is 0 Å². The second kappa shape index (κ2) is 35.5. The standard InChI is InChI=1S/C56H87N15O23P4S2/c1-3-4-5-6-7-8-9-10-11-12-13-14-15-16-17-19-37(73)83-24-25-100-97(79,80)93-45-46-56(20-18-22-84-46,91-55(45)71-34-68-40-49(59)62-31-65-52(40)71)28-88-98(81,99)94-43-41(74)35(89-53(43)69-32-66-38-47(57)60-29-63-50(38)69)26-87-96(77,78)92-44-42(82-2)36(27-86-95(75,76)85-23-21-72)90-54(44)70-33-67-39-48(58)61-30-64-51(39)70/h29-36,41-46,53-55,72,74H,3-28H2,1-2H3,(H,75,76)(H,77,78)(H,79,80)(H,81,99)(H2,57,60,63)(H2,58,61,64)(H2,59,62,65)/t35-,36-,41?,42?,43+,44+,45+,46?,53-,54-,55-,56-,98?/m1/s1. The summed E-state index contributed by atoms with van der Waals surface area (Å²) in [5, 5.41) is 21.4. The van der Waals surface area contributed by atoms with Crippen molar-refractivity contribution < 1.29 is 108 Å². The van der Waals surface area contributed by atoms with Gasteiger partial charge in [-0.2, -0.15) is 0 Å². The van der Waals surface area contributed by atoms with Gasteiger partial charge in [-0.05, 0) is 42.5 Å². The number of aliphatic hydroxyl groups is 2. The van der Waals surface area contributed by atoms with E-state index in [0.717, 1.165) is 31.9 Å². The zero-order valence-electron chi connectivity index (χ0n) is 55.0. The molecule has 4 aliphatic heterocycles. The molecule has 16 atom stereocenters. The maximum atomic E-state index is 14.3. The molecule has 4 saturated heterocycles. The van der Waals surface area contributed by atoms with Crippen LogP contribution in [0, 0.1) is 0 Å². The smallest absolute Gasteiger partial charge is 0.465 e. The molecule has 10 heterocycles. The summed E-state index contributed by atoms with van der Waals surface area (Å²) in [6, 6.07) is 0. The first kappa shape index (κ1) is 78.1. The highest BCUT2D eigenvalue weighted by Gasteiger charge is 2.61. The Morgan fingerprint density at radius 2 is 1.14 bits per heavy atom. The molecular formula is C56H87N15O23P4S2. The van der Waals surface area contributed by atoms with Crippen LogP contribution in [0.5, 0.6) is 0 Å². The highest BCUT2D eigenvalue weighted by atomic mass is 32.7. The summed E-state index contributed by atoms with van der Waals surface area (Å²) in [6.45, 7) is -10.7. The van der Waals surface area contributed by atoms with E-state index in [4.69, 9.17) is 94.2 Å². The Balaban J connectivity index is 0.797. The van der Waals surface area contributed by atoms with Gasteiger partial charge in [0.1, 0.15) is 96.6 Å². The fraction of sp³-hybridized carbons (Fsp3) is 0.714. The molecule has 0 bridgehead atoms. The Morgan fingerprint density at radius 1 is 0.630 bits per heavy atom. The monoisotopic (exact) mass is 1530 g/mol. The molecule has 12 N–H and O–H groups in total. The van der Waals surface area contributed by atoms with Gasteiger partial charge in [0.2, 0.25) is 0 Å². The summed E-state index contributed by atoms with van der Waals surface area (Å²) in [5.74, 6) is -0.609. The molecule has 0 amide bonds. The van der Waals surface area contributed by atoms with E-state index in [1.807, 2.05) is 0 Å². The van der Waals surface area contributed by atoms with Crippen LogP contribution in [-0.4, -0.2) is 208 Å². The number of phosphoric acid groups is 2. The van der Waals surface area contributed by atoms with Crippen molar-refractivity contribution in [3.8, 4) is 0 Å². The van der Waals surface area contributed by atoms with Crippen LogP contribution in [0.15, 0.2) is 38.0 Å². The molecule has 38 nitrogen and oxygen atoms in total. The number of unbranched alkanes of at least 4 members (excludes halogenated alkanes) is 14. The molecule has 4 aliphatic rings. The zero-order chi connectivity index (χ0) is 71.2. The Labute approximate surface area is 583 Å². The van der Waals surface area contributed by atoms with Crippen LogP contribution in [0.1, 0.15) is 141 Å². The number of fused-ring (bicyclic) bond motifs is 4. The lowest BCUT2D eigenvalue weighted by Crippen LogP contribution is -2.51. The summed E-state index contributed by atoms with van der Waals surface area (Å²) in [7, 11) is -9.02. The number of anilines is 3. The van der Waals surface area contributed by atoms with Crippen LogP contribution >= 0.6 is 40.5 Å². The van der Waals surface area contributed by atoms with E-state index >= 15 is 0 Å². The van der Waals surface area contributed by atoms with Crippen LogP contribution in [0.4, 0.5) is 17.5 Å². The van der Waals surface area contributed by atoms with Gasteiger partial charge in [-0.25, -0.2) is 58.6 Å². The number of methoxy groups -OCH3 is 1. The van der Waals surface area contributed by atoms with Gasteiger partial charge in [0.15, 0.2) is 53.1 Å². The molecule has 556 valence electrons. The summed E-state index contributed by atoms with van der Waals surface area (Å²) < 4.78 is 121. The number of esters is 1. The number of ether oxygens (including phenoxy) is 6. The predicted octanol–water partition coefficient (Wildman–Crippen LogP) is 6.14. The minimum Gasteiger partial charge on any atom is -0.465 e. The summed E-state index contributed by atoms with van der Waals surface area (Å²) in [4.78, 5) is 96.0. The first-order chi connectivity index (χ1) is 48.0. The summed E-state index contributed by atoms with van der Waals surface area (Å²) in [5.41, 5.74) is 17.3. The van der Waals surface area contributed by atoms with Crippen LogP contribution in [0.2, 0.25) is 0 Å². The highest BCUT2D eigenvalue weighted by Crippen LogP contribution is 2.62. The number of carbonyl (C=O) groups excluding carboxylic acids is 1. The quantitative estimate of drug-likeness (QED) is 0.0118. The van der Waals surface area contributed by atoms with Crippen molar-refractivity contribution in [3.63, 3.8) is 0 Å². The van der Waals surface area contributed by atoms with Crippen molar-refractivity contribution in [1.82, 2.24) is 58.6 Å². The van der Waals surface area contributed by atoms with Crippen molar-refractivity contribution in [1.29, 1.82) is 0 Å². The number of nitrogen functional groups attached to an aromatic ring is 3. The van der Waals surface area contributed by atoms with Crippen molar-refractivity contribution in [2.24, 2.45) is 0 Å². The molecule has 100 heavy (non-hydrogen) atoms. The number of rotatable bonds is 42. The largest absolute Gasteiger partial charge is 0.472 e. The van der Waals surface area contributed by atoms with Gasteiger partial charge in [0.25, 0.3) is 0 Å². The fourth-order valence-corrected chi connectivity index (χ4v) is 17.9. The molecule has 44 heteroatoms. The van der Waals surface area contributed by atoms with E-state index < -0.39 is 141 Å². The number of carbonyl (C=O) groups is 1. The topological polar surface area (TPSA) is 519 Å². The number of aliphatic hydroxyl groups excluding tert-OH is 2. The Morgan fingerprint density at radius 3 is 1.69 bits per heavy atom. The zero-order valence-corrected chi connectivity index (χ0v) is 60.2. The minimum absolute atomic E-state index is 0.0178. The lowest BCUT2D eigenvalue weighted by Gasteiger charge is -2.39. The molecule has 4 fully saturated rings. The molecular weight excluding hydrogens is 1440 g/mol. The second-order valence-corrected chi connectivity index (χ2v) is 33.9. The molecule has 0 aliphatic carbocycles. The third kappa shape index (κ3) is 19.7. The van der Waals surface area contributed by atoms with E-state index in [9.17, 15) is 43.2 Å². The number of hydrogen-bond donors (Lipinski definition) is 9. The summed E-state index contributed by atoms with van der Waals surface area (Å²) >= 11 is 6.21. The Bertz CT molecular complexity index is 3870. The minimum atomic E-state index is -5.41. The molecule has 0 radical (unpaired) electrons. The molecule has 10 rings (SSSR count). The lowest BCUT2D eigenvalue weighted by atomic mass is 9.89. The fourth-order valence-electron chi connectivity index (χ4n) is 12.5. The van der Waals surface area contributed by atoms with Gasteiger partial charge in [-0.15, -0.1) is 0 Å². The number of phosphoric ester groups is 2. The molecule has 0 aromatic carbocycles. The van der Waals surface area contributed by atoms with E-state index in [2.05, 4.69) is 51.8 Å². The van der Waals surface area contributed by atoms with Crippen LogP contribution in [-0.2, 0) is 90.4 Å². The maximum absolute atomic E-state index is 14.3. The SMILES string of the molecule is CCCCCCCCCCCCCCCCCC(=O)OCCSP(=O)(O)O[C@H]1C2OCCC[C@]2(COP(O)(=S)O[C@H]2C(O)[C@@H](COP(=O)(O)O[C@H]3C(OC)[C@@H](COP(=O)(O)OCCO)O[C@H]3n3cnc4c(N)ncnc43)O[C@H]2n2cnc3c(N)ncnc32)O[C@H]1n1cnc2c(N)ncnc21.